The molecule has 0 saturated carbocycles. The lowest BCUT2D eigenvalue weighted by atomic mass is 10.00. The van der Waals surface area contributed by atoms with Crippen molar-refractivity contribution in [2.45, 2.75) is 218 Å². The maximum atomic E-state index is 10.9. The van der Waals surface area contributed by atoms with Crippen molar-refractivity contribution in [3.63, 3.8) is 0 Å². The van der Waals surface area contributed by atoms with E-state index in [-0.39, 0.29) is 29.5 Å². The molecule has 0 radical (unpaired) electrons. The fraction of sp³-hybridized carbons (Fsp3) is 0.971. The van der Waals surface area contributed by atoms with Crippen molar-refractivity contribution in [1.82, 2.24) is 0 Å². The number of carboxylic acid groups (broad SMARTS) is 1. The van der Waals surface area contributed by atoms with Gasteiger partial charge in [-0.2, -0.15) is 0 Å². The van der Waals surface area contributed by atoms with Crippen LogP contribution in [0.15, 0.2) is 0 Å². The predicted molar refractivity (Wildman–Crippen MR) is 176 cm³/mol. The van der Waals surface area contributed by atoms with Crippen molar-refractivity contribution in [1.29, 1.82) is 0 Å². The van der Waals surface area contributed by atoms with Gasteiger partial charge in [0.1, 0.15) is 0 Å². The molecule has 6 heteroatoms. The van der Waals surface area contributed by atoms with Gasteiger partial charge in [-0.15, -0.1) is 0 Å². The minimum atomic E-state index is -1.90. The molecule has 0 aromatic rings. The van der Waals surface area contributed by atoms with E-state index in [1.165, 1.54) is 83.5 Å². The van der Waals surface area contributed by atoms with E-state index >= 15 is 0 Å². The van der Waals surface area contributed by atoms with Gasteiger partial charge in [-0.3, -0.25) is 4.79 Å². The zero-order valence-corrected chi connectivity index (χ0v) is 29.2. The highest BCUT2D eigenvalue weighted by Gasteiger charge is 2.43. The number of rotatable bonds is 26. The molecule has 0 aromatic carbocycles. The Bertz CT molecular complexity index is 647. The van der Waals surface area contributed by atoms with Crippen LogP contribution in [-0.2, 0) is 14.0 Å². The molecule has 1 aliphatic rings. The van der Waals surface area contributed by atoms with Crippen molar-refractivity contribution >= 4 is 14.3 Å². The van der Waals surface area contributed by atoms with Gasteiger partial charge in [0, 0.05) is 6.42 Å². The van der Waals surface area contributed by atoms with E-state index in [0.717, 1.165) is 57.8 Å². The summed E-state index contributed by atoms with van der Waals surface area (Å²) in [5, 5.41) is 19.8. The SMILES string of the molecule is CCCCCCCCCCCC[C@@H](O[Si](C)(C)C(C)(C)C)[C@H]1CC[C@H]([C@H](O)CCCCCCCCCCC(=O)O)O1. The Kier molecular flexibility index (Phi) is 20.8. The Morgan fingerprint density at radius 3 is 1.68 bits per heavy atom. The van der Waals surface area contributed by atoms with Crippen LogP contribution in [0.25, 0.3) is 0 Å². The van der Waals surface area contributed by atoms with Crippen molar-refractivity contribution in [3.05, 3.63) is 0 Å². The van der Waals surface area contributed by atoms with E-state index in [1.807, 2.05) is 0 Å². The first kappa shape index (κ1) is 38.6. The fourth-order valence-electron chi connectivity index (χ4n) is 5.83. The van der Waals surface area contributed by atoms with E-state index in [4.69, 9.17) is 14.3 Å². The Morgan fingerprint density at radius 1 is 0.756 bits per heavy atom. The van der Waals surface area contributed by atoms with Crippen LogP contribution < -0.4 is 0 Å². The number of hydrogen-bond acceptors (Lipinski definition) is 4. The van der Waals surface area contributed by atoms with Gasteiger partial charge in [0.05, 0.1) is 24.4 Å². The highest BCUT2D eigenvalue weighted by Crippen LogP contribution is 2.40. The zero-order valence-electron chi connectivity index (χ0n) is 28.2. The van der Waals surface area contributed by atoms with E-state index < -0.39 is 14.3 Å². The second kappa shape index (κ2) is 22.1. The highest BCUT2D eigenvalue weighted by molar-refractivity contribution is 6.74. The monoisotopic (exact) mass is 598 g/mol. The lowest BCUT2D eigenvalue weighted by molar-refractivity contribution is -0.137. The molecule has 2 N–H and O–H groups in total. The molecule has 4 atom stereocenters. The molecule has 0 bridgehead atoms. The summed E-state index contributed by atoms with van der Waals surface area (Å²) >= 11 is 0. The fourth-order valence-corrected chi connectivity index (χ4v) is 7.21. The van der Waals surface area contributed by atoms with Crippen molar-refractivity contribution in [2.75, 3.05) is 0 Å². The van der Waals surface area contributed by atoms with Gasteiger partial charge >= 0.3 is 5.97 Å². The normalized spacial score (nSPS) is 19.5. The Hall–Kier alpha value is -0.433. The average Bonchev–Trinajstić information content (AvgIpc) is 3.39. The van der Waals surface area contributed by atoms with Crippen molar-refractivity contribution in [3.8, 4) is 0 Å². The number of hydrogen-bond donors (Lipinski definition) is 2. The summed E-state index contributed by atoms with van der Waals surface area (Å²) in [4.78, 5) is 10.6. The second-order valence-corrected chi connectivity index (χ2v) is 19.3. The number of carboxylic acids is 1. The van der Waals surface area contributed by atoms with Gasteiger partial charge in [-0.25, -0.2) is 0 Å². The maximum Gasteiger partial charge on any atom is 0.303 e. The number of aliphatic hydroxyl groups excluding tert-OH is 1. The van der Waals surface area contributed by atoms with Crippen LogP contribution in [0, 0.1) is 0 Å². The summed E-state index contributed by atoms with van der Waals surface area (Å²) in [6.07, 6.45) is 26.2. The lowest BCUT2D eigenvalue weighted by Crippen LogP contribution is -2.47. The molecular weight excluding hydrogens is 528 g/mol. The quantitative estimate of drug-likeness (QED) is 0.0765. The van der Waals surface area contributed by atoms with Gasteiger partial charge in [-0.05, 0) is 50.2 Å². The van der Waals surface area contributed by atoms with E-state index in [1.54, 1.807) is 0 Å². The van der Waals surface area contributed by atoms with E-state index in [2.05, 4.69) is 40.8 Å². The summed E-state index contributed by atoms with van der Waals surface area (Å²) in [6.45, 7) is 13.9. The molecule has 1 saturated heterocycles. The van der Waals surface area contributed by atoms with Crippen LogP contribution in [0.3, 0.4) is 0 Å². The van der Waals surface area contributed by atoms with E-state index in [0.29, 0.717) is 6.42 Å². The molecule has 0 spiro atoms. The number of unbranched alkanes of at least 4 members (excludes halogenated alkanes) is 16. The van der Waals surface area contributed by atoms with Crippen LogP contribution >= 0.6 is 0 Å². The van der Waals surface area contributed by atoms with Crippen LogP contribution in [-0.4, -0.2) is 48.9 Å². The molecule has 1 aliphatic heterocycles. The summed E-state index contributed by atoms with van der Waals surface area (Å²) in [7, 11) is -1.90. The minimum absolute atomic E-state index is 0.0486. The summed E-state index contributed by atoms with van der Waals surface area (Å²) in [6, 6.07) is 0. The van der Waals surface area contributed by atoms with Crippen LogP contribution in [0.1, 0.15) is 175 Å². The minimum Gasteiger partial charge on any atom is -0.481 e. The third-order valence-corrected chi connectivity index (χ3v) is 14.2. The Labute approximate surface area is 256 Å². The van der Waals surface area contributed by atoms with Gasteiger partial charge in [0.15, 0.2) is 8.32 Å². The predicted octanol–water partition coefficient (Wildman–Crippen LogP) is 10.6. The van der Waals surface area contributed by atoms with Crippen LogP contribution in [0.2, 0.25) is 18.1 Å². The number of carbonyl (C=O) groups is 1. The molecule has 0 aromatic heterocycles. The molecule has 244 valence electrons. The first-order valence-electron chi connectivity index (χ1n) is 17.7. The lowest BCUT2D eigenvalue weighted by Gasteiger charge is -2.41. The second-order valence-electron chi connectivity index (χ2n) is 14.5. The summed E-state index contributed by atoms with van der Waals surface area (Å²) < 4.78 is 13.5. The number of ether oxygens (including phenoxy) is 1. The molecule has 0 amide bonds. The summed E-state index contributed by atoms with van der Waals surface area (Å²) in [5.41, 5.74) is 0. The Morgan fingerprint density at radius 2 is 1.20 bits per heavy atom. The third-order valence-electron chi connectivity index (χ3n) is 9.66. The van der Waals surface area contributed by atoms with Crippen LogP contribution in [0.5, 0.6) is 0 Å². The maximum absolute atomic E-state index is 10.9. The first-order valence-corrected chi connectivity index (χ1v) is 20.6. The molecule has 0 aliphatic carbocycles. The topological polar surface area (TPSA) is 76.0 Å². The molecule has 0 unspecified atom stereocenters. The van der Waals surface area contributed by atoms with Gasteiger partial charge in [0.25, 0.3) is 0 Å². The molecule has 1 fully saturated rings. The molecule has 5 nitrogen and oxygen atoms in total. The van der Waals surface area contributed by atoms with Gasteiger partial charge in [0.2, 0.25) is 0 Å². The molecule has 1 rings (SSSR count). The van der Waals surface area contributed by atoms with Crippen molar-refractivity contribution < 1.29 is 24.2 Å². The van der Waals surface area contributed by atoms with Crippen molar-refractivity contribution in [2.24, 2.45) is 0 Å². The number of aliphatic hydroxyl groups is 1. The zero-order chi connectivity index (χ0) is 30.6. The Balaban J connectivity index is 2.37. The first-order chi connectivity index (χ1) is 19.5. The molecule has 1 heterocycles. The average molecular weight is 599 g/mol. The van der Waals surface area contributed by atoms with Gasteiger partial charge < -0.3 is 19.4 Å². The number of aliphatic carboxylic acids is 1. The summed E-state index contributed by atoms with van der Waals surface area (Å²) in [5.74, 6) is -0.686. The van der Waals surface area contributed by atoms with Gasteiger partial charge in [-0.1, -0.05) is 137 Å². The largest absolute Gasteiger partial charge is 0.481 e. The third kappa shape index (κ3) is 18.1. The molecule has 41 heavy (non-hydrogen) atoms. The smallest absolute Gasteiger partial charge is 0.303 e. The standard InChI is InChI=1S/C35H70O5Si/c1-7-8-9-10-11-12-13-17-20-23-26-33(40-41(5,6)35(2,3)4)32-29-28-31(39-32)30(36)25-22-19-16-14-15-18-21-24-27-34(37)38/h30-33,36H,7-29H2,1-6H3,(H,37,38)/t30-,31-,32-,33-/m1/s1. The highest BCUT2D eigenvalue weighted by atomic mass is 28.4. The molecular formula is C35H70O5Si. The van der Waals surface area contributed by atoms with E-state index in [9.17, 15) is 9.90 Å². The van der Waals surface area contributed by atoms with Crippen LogP contribution in [0.4, 0.5) is 0 Å².